The van der Waals surface area contributed by atoms with E-state index in [-0.39, 0.29) is 0 Å². The summed E-state index contributed by atoms with van der Waals surface area (Å²) in [6, 6.07) is 11.7. The van der Waals surface area contributed by atoms with Crippen LogP contribution in [-0.4, -0.2) is 68.8 Å². The number of para-hydroxylation sites is 1. The third kappa shape index (κ3) is 6.64. The third-order valence-electron chi connectivity index (χ3n) is 8.80. The molecular formula is C30H44N8O. The van der Waals surface area contributed by atoms with Crippen molar-refractivity contribution >= 4 is 22.9 Å². The number of aromatic nitrogens is 4. The van der Waals surface area contributed by atoms with Crippen LogP contribution in [0.25, 0.3) is 11.2 Å². The fourth-order valence-electron chi connectivity index (χ4n) is 6.47. The molecular weight excluding hydrogens is 488 g/mol. The fraction of sp³-hybridized carbons (Fsp3) is 0.633. The highest BCUT2D eigenvalue weighted by molar-refractivity contribution is 5.84. The lowest BCUT2D eigenvalue weighted by Crippen LogP contribution is -2.40. The molecule has 3 aromatic rings. The molecule has 0 atom stereocenters. The number of nitrogens with one attached hydrogen (secondary N) is 2. The average Bonchev–Trinajstić information content (AvgIpc) is 3.64. The molecule has 1 aromatic carbocycles. The van der Waals surface area contributed by atoms with Crippen molar-refractivity contribution in [3.63, 3.8) is 0 Å². The van der Waals surface area contributed by atoms with Gasteiger partial charge in [-0.2, -0.15) is 9.97 Å². The van der Waals surface area contributed by atoms with Crippen LogP contribution in [0, 0.1) is 0 Å². The number of hydrogen-bond donors (Lipinski definition) is 3. The Morgan fingerprint density at radius 1 is 0.872 bits per heavy atom. The van der Waals surface area contributed by atoms with Gasteiger partial charge in [0.1, 0.15) is 5.75 Å². The molecule has 0 unspecified atom stereocenters. The fourth-order valence-corrected chi connectivity index (χ4v) is 6.47. The van der Waals surface area contributed by atoms with Crippen molar-refractivity contribution in [1.82, 2.24) is 24.4 Å². The first-order valence-electron chi connectivity index (χ1n) is 15.1. The molecule has 3 aliphatic rings. The zero-order valence-corrected chi connectivity index (χ0v) is 23.1. The molecule has 4 N–H and O–H groups in total. The molecule has 39 heavy (non-hydrogen) atoms. The van der Waals surface area contributed by atoms with E-state index in [0.29, 0.717) is 24.2 Å². The standard InChI is InChI=1S/C30H44N8O/c31-22-11-13-23(14-12-22)33-28-27-29(38(21-32-27)25-7-4-5-8-25)36-30(35-28)34-24-15-18-37(19-16-24)17-6-20-39-26-9-2-1-3-10-26/h1-3,9-10,21-25H,4-8,11-20,31H2,(H2,33,34,35,36). The van der Waals surface area contributed by atoms with Crippen LogP contribution in [0.3, 0.4) is 0 Å². The maximum absolute atomic E-state index is 6.16. The Labute approximate surface area is 231 Å². The molecule has 210 valence electrons. The minimum Gasteiger partial charge on any atom is -0.494 e. The summed E-state index contributed by atoms with van der Waals surface area (Å²) in [5, 5.41) is 7.43. The number of nitrogens with zero attached hydrogens (tertiary/aromatic N) is 5. The Morgan fingerprint density at radius 2 is 1.62 bits per heavy atom. The maximum atomic E-state index is 6.16. The van der Waals surface area contributed by atoms with Gasteiger partial charge in [-0.1, -0.05) is 31.0 Å². The summed E-state index contributed by atoms with van der Waals surface area (Å²) in [6.07, 6.45) is 14.5. The van der Waals surface area contributed by atoms with Crippen LogP contribution in [0.15, 0.2) is 36.7 Å². The van der Waals surface area contributed by atoms with Gasteiger partial charge in [0.2, 0.25) is 5.95 Å². The Morgan fingerprint density at radius 3 is 2.38 bits per heavy atom. The highest BCUT2D eigenvalue weighted by atomic mass is 16.5. The number of piperidine rings is 1. The molecule has 3 heterocycles. The quantitative estimate of drug-likeness (QED) is 0.314. The minimum atomic E-state index is 0.328. The largest absolute Gasteiger partial charge is 0.494 e. The summed E-state index contributed by atoms with van der Waals surface area (Å²) in [7, 11) is 0. The lowest BCUT2D eigenvalue weighted by molar-refractivity contribution is 0.198. The number of benzene rings is 1. The summed E-state index contributed by atoms with van der Waals surface area (Å²) in [6.45, 7) is 3.99. The van der Waals surface area contributed by atoms with Crippen LogP contribution >= 0.6 is 0 Å². The average molecular weight is 533 g/mol. The lowest BCUT2D eigenvalue weighted by Gasteiger charge is -2.32. The number of rotatable bonds is 10. The Bertz CT molecular complexity index is 1180. The molecule has 2 aliphatic carbocycles. The van der Waals surface area contributed by atoms with E-state index in [1.165, 1.54) is 25.7 Å². The Hall–Kier alpha value is -2.91. The number of nitrogens with two attached hydrogens (primary N) is 1. The van der Waals surface area contributed by atoms with Gasteiger partial charge in [0.25, 0.3) is 0 Å². The monoisotopic (exact) mass is 532 g/mol. The van der Waals surface area contributed by atoms with Gasteiger partial charge in [0.05, 0.1) is 12.9 Å². The van der Waals surface area contributed by atoms with E-state index in [1.54, 1.807) is 0 Å². The first kappa shape index (κ1) is 26.3. The third-order valence-corrected chi connectivity index (χ3v) is 8.80. The summed E-state index contributed by atoms with van der Waals surface area (Å²) in [5.41, 5.74) is 8.02. The van der Waals surface area contributed by atoms with Gasteiger partial charge in [-0.15, -0.1) is 0 Å². The number of ether oxygens (including phenoxy) is 1. The van der Waals surface area contributed by atoms with E-state index in [0.717, 1.165) is 99.9 Å². The zero-order valence-electron chi connectivity index (χ0n) is 23.1. The summed E-state index contributed by atoms with van der Waals surface area (Å²) in [4.78, 5) is 17.4. The number of imidazole rings is 1. The first-order chi connectivity index (χ1) is 19.2. The summed E-state index contributed by atoms with van der Waals surface area (Å²) < 4.78 is 8.17. The van der Waals surface area contributed by atoms with Crippen molar-refractivity contribution in [1.29, 1.82) is 0 Å². The second-order valence-corrected chi connectivity index (χ2v) is 11.7. The van der Waals surface area contributed by atoms with Crippen LogP contribution in [0.4, 0.5) is 11.8 Å². The SMILES string of the molecule is NC1CCC(Nc2nc(NC3CCN(CCCOc4ccccc4)CC3)nc3c2ncn3C2CCCC2)CC1. The Balaban J connectivity index is 1.08. The van der Waals surface area contributed by atoms with E-state index >= 15 is 0 Å². The smallest absolute Gasteiger partial charge is 0.227 e. The summed E-state index contributed by atoms with van der Waals surface area (Å²) >= 11 is 0. The second-order valence-electron chi connectivity index (χ2n) is 11.7. The van der Waals surface area contributed by atoms with Gasteiger partial charge < -0.3 is 30.6 Å². The summed E-state index contributed by atoms with van der Waals surface area (Å²) in [5.74, 6) is 2.55. The van der Waals surface area contributed by atoms with Crippen LogP contribution in [-0.2, 0) is 0 Å². The van der Waals surface area contributed by atoms with E-state index in [2.05, 4.69) is 20.1 Å². The molecule has 9 heteroatoms. The van der Waals surface area contributed by atoms with Gasteiger partial charge in [0, 0.05) is 43.8 Å². The van der Waals surface area contributed by atoms with Gasteiger partial charge in [-0.3, -0.25) is 0 Å². The van der Waals surface area contributed by atoms with Crippen LogP contribution in [0.2, 0.25) is 0 Å². The van der Waals surface area contributed by atoms with Crippen LogP contribution in [0.1, 0.15) is 76.7 Å². The van der Waals surface area contributed by atoms with Crippen molar-refractivity contribution < 1.29 is 4.74 Å². The molecule has 0 bridgehead atoms. The molecule has 1 saturated heterocycles. The first-order valence-corrected chi connectivity index (χ1v) is 15.1. The van der Waals surface area contributed by atoms with Crippen LogP contribution < -0.4 is 21.1 Å². The van der Waals surface area contributed by atoms with E-state index < -0.39 is 0 Å². The molecule has 1 aliphatic heterocycles. The van der Waals surface area contributed by atoms with Crippen molar-refractivity contribution in [2.24, 2.45) is 5.73 Å². The second kappa shape index (κ2) is 12.5. The molecule has 2 saturated carbocycles. The number of likely N-dealkylation sites (tertiary alicyclic amines) is 1. The van der Waals surface area contributed by atoms with Crippen molar-refractivity contribution in [2.45, 2.75) is 94.8 Å². The normalized spacial score (nSPS) is 23.3. The molecule has 0 spiro atoms. The minimum absolute atomic E-state index is 0.328. The molecule has 9 nitrogen and oxygen atoms in total. The van der Waals surface area contributed by atoms with Crippen molar-refractivity contribution in [2.75, 3.05) is 36.9 Å². The Kier molecular flexibility index (Phi) is 8.44. The van der Waals surface area contributed by atoms with E-state index in [1.807, 2.05) is 36.7 Å². The zero-order chi connectivity index (χ0) is 26.4. The van der Waals surface area contributed by atoms with Crippen molar-refractivity contribution in [3.8, 4) is 5.75 Å². The predicted molar refractivity (Wildman–Crippen MR) is 156 cm³/mol. The maximum Gasteiger partial charge on any atom is 0.227 e. The number of fused-ring (bicyclic) bond motifs is 1. The molecule has 2 aromatic heterocycles. The van der Waals surface area contributed by atoms with E-state index in [4.69, 9.17) is 25.4 Å². The lowest BCUT2D eigenvalue weighted by atomic mass is 9.92. The highest BCUT2D eigenvalue weighted by Gasteiger charge is 2.26. The molecule has 3 fully saturated rings. The van der Waals surface area contributed by atoms with Crippen molar-refractivity contribution in [3.05, 3.63) is 36.7 Å². The van der Waals surface area contributed by atoms with Crippen LogP contribution in [0.5, 0.6) is 5.75 Å². The number of anilines is 2. The van der Waals surface area contributed by atoms with Gasteiger partial charge in [-0.25, -0.2) is 4.98 Å². The van der Waals surface area contributed by atoms with E-state index in [9.17, 15) is 0 Å². The van der Waals surface area contributed by atoms with Gasteiger partial charge in [-0.05, 0) is 69.9 Å². The molecule has 6 rings (SSSR count). The predicted octanol–water partition coefficient (Wildman–Crippen LogP) is 4.97. The molecule has 0 radical (unpaired) electrons. The highest BCUT2D eigenvalue weighted by Crippen LogP contribution is 2.34. The molecule has 0 amide bonds. The topological polar surface area (TPSA) is 106 Å². The van der Waals surface area contributed by atoms with Gasteiger partial charge >= 0.3 is 0 Å². The number of hydrogen-bond acceptors (Lipinski definition) is 8. The van der Waals surface area contributed by atoms with Gasteiger partial charge in [0.15, 0.2) is 17.0 Å².